The highest BCUT2D eigenvalue weighted by atomic mass is 16.3. The summed E-state index contributed by atoms with van der Waals surface area (Å²) < 4.78 is 0. The van der Waals surface area contributed by atoms with E-state index >= 15 is 0 Å². The summed E-state index contributed by atoms with van der Waals surface area (Å²) in [6.07, 6.45) is 0.961. The smallest absolute Gasteiger partial charge is 0.220 e. The molecule has 24 heavy (non-hydrogen) atoms. The predicted octanol–water partition coefficient (Wildman–Crippen LogP) is 3.57. The molecule has 0 spiro atoms. The first kappa shape index (κ1) is 15.1. The first-order valence-corrected chi connectivity index (χ1v) is 8.48. The molecule has 0 saturated carbocycles. The maximum Gasteiger partial charge on any atom is 0.220 e. The largest absolute Gasteiger partial charge is 0.508 e. The quantitative estimate of drug-likeness (QED) is 0.844. The van der Waals surface area contributed by atoms with Crippen LogP contribution >= 0.6 is 0 Å². The molecule has 2 aromatic carbocycles. The zero-order valence-electron chi connectivity index (χ0n) is 14.0. The Kier molecular flexibility index (Phi) is 3.48. The summed E-state index contributed by atoms with van der Waals surface area (Å²) in [5, 5.41) is 13.5. The van der Waals surface area contributed by atoms with Crippen molar-refractivity contribution in [3.63, 3.8) is 0 Å². The topological polar surface area (TPSA) is 52.6 Å². The number of carbonyl (C=O) groups excluding carboxylic acids is 1. The third kappa shape index (κ3) is 2.33. The Labute approximate surface area is 142 Å². The number of phenolic OH excluding ortho intramolecular Hbond substituents is 1. The molecule has 1 unspecified atom stereocenters. The van der Waals surface area contributed by atoms with Gasteiger partial charge in [0.15, 0.2) is 0 Å². The number of rotatable bonds is 1. The average molecular weight is 322 g/mol. The highest BCUT2D eigenvalue weighted by Crippen LogP contribution is 2.48. The molecule has 2 aliphatic heterocycles. The fourth-order valence-corrected chi connectivity index (χ4v) is 4.29. The van der Waals surface area contributed by atoms with Gasteiger partial charge in [-0.05, 0) is 42.7 Å². The standard InChI is InChI=1S/C20H22N2O2/c1-12-6-7-18-17(10-12)16-8-9-22(13(2)23)20(19(16)21-18)14-4-3-5-15(24)11-14/h3-7,10-11,16,19-21,24H,8-9H2,1-2H3/t16-,19?,20+/m0/s1. The van der Waals surface area contributed by atoms with Crippen LogP contribution in [0.25, 0.3) is 0 Å². The molecule has 0 aliphatic carbocycles. The second-order valence-electron chi connectivity index (χ2n) is 6.91. The molecule has 0 aromatic heterocycles. The van der Waals surface area contributed by atoms with E-state index in [1.807, 2.05) is 17.0 Å². The van der Waals surface area contributed by atoms with E-state index in [0.717, 1.165) is 18.5 Å². The van der Waals surface area contributed by atoms with Gasteiger partial charge in [0.25, 0.3) is 0 Å². The fraction of sp³-hybridized carbons (Fsp3) is 0.350. The fourth-order valence-electron chi connectivity index (χ4n) is 4.29. The van der Waals surface area contributed by atoms with Gasteiger partial charge in [0.2, 0.25) is 5.91 Å². The van der Waals surface area contributed by atoms with Crippen LogP contribution in [0, 0.1) is 6.92 Å². The van der Waals surface area contributed by atoms with Gasteiger partial charge in [-0.2, -0.15) is 0 Å². The van der Waals surface area contributed by atoms with E-state index in [4.69, 9.17) is 0 Å². The lowest BCUT2D eigenvalue weighted by Gasteiger charge is -2.43. The summed E-state index contributed by atoms with van der Waals surface area (Å²) in [6.45, 7) is 4.49. The lowest BCUT2D eigenvalue weighted by atomic mass is 9.80. The molecule has 4 nitrogen and oxygen atoms in total. The molecule has 3 atom stereocenters. The third-order valence-corrected chi connectivity index (χ3v) is 5.34. The maximum atomic E-state index is 12.2. The van der Waals surface area contributed by atoms with Crippen LogP contribution in [-0.2, 0) is 4.79 Å². The number of nitrogens with zero attached hydrogens (tertiary/aromatic N) is 1. The van der Waals surface area contributed by atoms with Crippen LogP contribution in [0.5, 0.6) is 5.75 Å². The molecular weight excluding hydrogens is 300 g/mol. The van der Waals surface area contributed by atoms with E-state index in [0.29, 0.717) is 5.92 Å². The van der Waals surface area contributed by atoms with Crippen LogP contribution in [0.3, 0.4) is 0 Å². The summed E-state index contributed by atoms with van der Waals surface area (Å²) in [6, 6.07) is 13.9. The number of phenols is 1. The Hall–Kier alpha value is -2.49. The van der Waals surface area contributed by atoms with Crippen LogP contribution in [0.4, 0.5) is 5.69 Å². The molecule has 1 saturated heterocycles. The van der Waals surface area contributed by atoms with Crippen LogP contribution in [0.15, 0.2) is 42.5 Å². The normalized spacial score (nSPS) is 24.9. The summed E-state index contributed by atoms with van der Waals surface area (Å²) >= 11 is 0. The summed E-state index contributed by atoms with van der Waals surface area (Å²) in [5.74, 6) is 0.711. The number of benzene rings is 2. The van der Waals surface area contributed by atoms with Crippen molar-refractivity contribution in [2.75, 3.05) is 11.9 Å². The molecule has 1 amide bonds. The van der Waals surface area contributed by atoms with E-state index in [-0.39, 0.29) is 23.7 Å². The van der Waals surface area contributed by atoms with Crippen molar-refractivity contribution in [1.29, 1.82) is 0 Å². The number of hydrogen-bond acceptors (Lipinski definition) is 3. The van der Waals surface area contributed by atoms with Gasteiger partial charge in [-0.3, -0.25) is 4.79 Å². The minimum atomic E-state index is -0.0685. The molecule has 2 aliphatic rings. The van der Waals surface area contributed by atoms with Gasteiger partial charge in [-0.1, -0.05) is 29.8 Å². The lowest BCUT2D eigenvalue weighted by Crippen LogP contribution is -2.48. The molecule has 0 bridgehead atoms. The second kappa shape index (κ2) is 5.55. The molecular formula is C20H22N2O2. The molecule has 2 aromatic rings. The van der Waals surface area contributed by atoms with Crippen molar-refractivity contribution in [3.05, 3.63) is 59.2 Å². The third-order valence-electron chi connectivity index (χ3n) is 5.34. The molecule has 4 heteroatoms. The summed E-state index contributed by atoms with van der Waals surface area (Å²) in [7, 11) is 0. The van der Waals surface area contributed by atoms with Gasteiger partial charge in [-0.15, -0.1) is 0 Å². The Morgan fingerprint density at radius 3 is 2.83 bits per heavy atom. The van der Waals surface area contributed by atoms with E-state index < -0.39 is 0 Å². The van der Waals surface area contributed by atoms with Crippen molar-refractivity contribution in [2.24, 2.45) is 0 Å². The summed E-state index contributed by atoms with van der Waals surface area (Å²) in [4.78, 5) is 14.2. The van der Waals surface area contributed by atoms with Gasteiger partial charge in [-0.25, -0.2) is 0 Å². The number of carbonyl (C=O) groups is 1. The van der Waals surface area contributed by atoms with Gasteiger partial charge in [0.1, 0.15) is 5.75 Å². The lowest BCUT2D eigenvalue weighted by molar-refractivity contribution is -0.133. The number of piperidine rings is 1. The summed E-state index contributed by atoms with van der Waals surface area (Å²) in [5.41, 5.74) is 4.77. The number of anilines is 1. The maximum absolute atomic E-state index is 12.2. The minimum Gasteiger partial charge on any atom is -0.508 e. The van der Waals surface area contributed by atoms with E-state index in [1.54, 1.807) is 19.1 Å². The number of hydrogen-bond donors (Lipinski definition) is 2. The van der Waals surface area contributed by atoms with E-state index in [9.17, 15) is 9.90 Å². The van der Waals surface area contributed by atoms with Crippen LogP contribution in [0.2, 0.25) is 0 Å². The van der Waals surface area contributed by atoms with E-state index in [2.05, 4.69) is 30.4 Å². The monoisotopic (exact) mass is 322 g/mol. The first-order chi connectivity index (χ1) is 11.5. The number of fused-ring (bicyclic) bond motifs is 3. The van der Waals surface area contributed by atoms with Gasteiger partial charge in [0, 0.05) is 25.1 Å². The van der Waals surface area contributed by atoms with E-state index in [1.165, 1.54) is 16.8 Å². The molecule has 1 fully saturated rings. The van der Waals surface area contributed by atoms with Crippen LogP contribution < -0.4 is 5.32 Å². The zero-order valence-corrected chi connectivity index (χ0v) is 14.0. The van der Waals surface area contributed by atoms with Gasteiger partial charge >= 0.3 is 0 Å². The Morgan fingerprint density at radius 1 is 1.25 bits per heavy atom. The molecule has 2 heterocycles. The van der Waals surface area contributed by atoms with Crippen molar-refractivity contribution in [1.82, 2.24) is 4.90 Å². The second-order valence-corrected chi connectivity index (χ2v) is 6.91. The Bertz CT molecular complexity index is 802. The first-order valence-electron chi connectivity index (χ1n) is 8.48. The highest BCUT2D eigenvalue weighted by Gasteiger charge is 2.44. The molecule has 2 N–H and O–H groups in total. The average Bonchev–Trinajstić information content (AvgIpc) is 2.91. The number of likely N-dealkylation sites (tertiary alicyclic amines) is 1. The highest BCUT2D eigenvalue weighted by molar-refractivity contribution is 5.75. The number of nitrogens with one attached hydrogen (secondary N) is 1. The van der Waals surface area contributed by atoms with Crippen molar-refractivity contribution in [3.8, 4) is 5.75 Å². The number of amides is 1. The number of aromatic hydroxyl groups is 1. The van der Waals surface area contributed by atoms with Crippen molar-refractivity contribution < 1.29 is 9.90 Å². The van der Waals surface area contributed by atoms with Crippen molar-refractivity contribution >= 4 is 11.6 Å². The predicted molar refractivity (Wildman–Crippen MR) is 94.2 cm³/mol. The zero-order chi connectivity index (χ0) is 16.8. The van der Waals surface area contributed by atoms with Crippen LogP contribution in [-0.4, -0.2) is 28.5 Å². The Morgan fingerprint density at radius 2 is 2.08 bits per heavy atom. The van der Waals surface area contributed by atoms with Gasteiger partial charge in [0.05, 0.1) is 12.1 Å². The molecule has 4 rings (SSSR count). The van der Waals surface area contributed by atoms with Crippen molar-refractivity contribution in [2.45, 2.75) is 38.3 Å². The molecule has 0 radical (unpaired) electrons. The SMILES string of the molecule is CC(=O)N1CC[C@H]2c3cc(C)ccc3NC2[C@H]1c1cccc(O)c1. The molecule has 124 valence electrons. The van der Waals surface area contributed by atoms with Crippen LogP contribution in [0.1, 0.15) is 42.0 Å². The minimum absolute atomic E-state index is 0.0685. The number of aryl methyl sites for hydroxylation is 1. The Balaban J connectivity index is 1.78. The van der Waals surface area contributed by atoms with Gasteiger partial charge < -0.3 is 15.3 Å².